The molecule has 2 unspecified atom stereocenters. The highest BCUT2D eigenvalue weighted by Gasteiger charge is 2.50. The zero-order valence-corrected chi connectivity index (χ0v) is 19.4. The summed E-state index contributed by atoms with van der Waals surface area (Å²) in [6, 6.07) is 9.13. The lowest BCUT2D eigenvalue weighted by atomic mass is 9.88. The Morgan fingerprint density at radius 2 is 1.91 bits per heavy atom. The van der Waals surface area contributed by atoms with Gasteiger partial charge in [0.25, 0.3) is 0 Å². The van der Waals surface area contributed by atoms with Crippen molar-refractivity contribution in [3.63, 3.8) is 0 Å². The predicted molar refractivity (Wildman–Crippen MR) is 121 cm³/mol. The van der Waals surface area contributed by atoms with Crippen LogP contribution in [-0.2, 0) is 11.3 Å². The van der Waals surface area contributed by atoms with Crippen LogP contribution in [0.3, 0.4) is 0 Å². The molecular weight excluding hydrogens is 465 g/mol. The monoisotopic (exact) mass is 494 g/mol. The second-order valence-corrected chi connectivity index (χ2v) is 9.02. The number of alkyl halides is 3. The van der Waals surface area contributed by atoms with Crippen molar-refractivity contribution >= 4 is 6.09 Å². The average molecular weight is 495 g/mol. The molecule has 0 bridgehead atoms. The molecule has 190 valence electrons. The summed E-state index contributed by atoms with van der Waals surface area (Å²) >= 11 is 0. The van der Waals surface area contributed by atoms with Gasteiger partial charge in [-0.2, -0.15) is 13.2 Å². The number of rotatable bonds is 9. The van der Waals surface area contributed by atoms with E-state index < -0.39 is 36.9 Å². The van der Waals surface area contributed by atoms with Crippen LogP contribution in [0, 0.1) is 5.92 Å². The van der Waals surface area contributed by atoms with Gasteiger partial charge in [-0.15, -0.1) is 0 Å². The number of benzene rings is 1. The Morgan fingerprint density at radius 1 is 1.17 bits per heavy atom. The first kappa shape index (κ1) is 25.1. The van der Waals surface area contributed by atoms with Crippen LogP contribution in [0.2, 0.25) is 0 Å². The maximum atomic E-state index is 14.1. The molecule has 7 nitrogen and oxygen atoms in total. The van der Waals surface area contributed by atoms with E-state index in [2.05, 4.69) is 4.98 Å². The summed E-state index contributed by atoms with van der Waals surface area (Å²) < 4.78 is 58.6. The van der Waals surface area contributed by atoms with Gasteiger partial charge in [-0.05, 0) is 42.0 Å². The summed E-state index contributed by atoms with van der Waals surface area (Å²) in [5.74, 6) is -0.496. The second kappa shape index (κ2) is 10.7. The van der Waals surface area contributed by atoms with E-state index in [-0.39, 0.29) is 26.0 Å². The second-order valence-electron chi connectivity index (χ2n) is 9.02. The number of pyridine rings is 1. The standard InChI is InChI=1S/C25H29F3N2O5/c1-33-19-7-2-16(3-8-19)14-34-15-21(25(26,27)28)22-12-20(10-11-30(22)24(31)32)35-23-9-6-18(13-29-23)17-4-5-17/h2-3,6-9,13,17,20-22H,4-5,10-12,14-15H2,1H3,(H,31,32)/t20?,21?,22-/m1/s1. The molecule has 1 saturated carbocycles. The minimum Gasteiger partial charge on any atom is -0.497 e. The van der Waals surface area contributed by atoms with E-state index in [1.54, 1.807) is 36.5 Å². The van der Waals surface area contributed by atoms with Crippen molar-refractivity contribution in [2.24, 2.45) is 5.92 Å². The van der Waals surface area contributed by atoms with E-state index in [1.807, 2.05) is 6.07 Å². The topological polar surface area (TPSA) is 81.1 Å². The van der Waals surface area contributed by atoms with Gasteiger partial charge < -0.3 is 24.2 Å². The van der Waals surface area contributed by atoms with Gasteiger partial charge in [0.15, 0.2) is 0 Å². The SMILES string of the molecule is COc1ccc(COCC([C@H]2CC(Oc3ccc(C4CC4)cn3)CCN2C(=O)O)C(F)(F)F)cc1. The van der Waals surface area contributed by atoms with Crippen molar-refractivity contribution in [1.29, 1.82) is 0 Å². The number of methoxy groups -OCH3 is 1. The minimum absolute atomic E-state index is 0.0342. The average Bonchev–Trinajstić information content (AvgIpc) is 3.67. The molecule has 1 amide bonds. The molecule has 0 spiro atoms. The van der Waals surface area contributed by atoms with Gasteiger partial charge in [0.1, 0.15) is 11.9 Å². The van der Waals surface area contributed by atoms with Crippen molar-refractivity contribution in [3.05, 3.63) is 53.7 Å². The molecule has 2 aliphatic rings. The van der Waals surface area contributed by atoms with E-state index in [9.17, 15) is 23.1 Å². The smallest absolute Gasteiger partial charge is 0.407 e. The zero-order chi connectivity index (χ0) is 25.0. The Balaban J connectivity index is 1.42. The number of halogens is 3. The molecule has 10 heteroatoms. The molecule has 1 aliphatic carbocycles. The summed E-state index contributed by atoms with van der Waals surface area (Å²) in [5.41, 5.74) is 1.81. The third-order valence-corrected chi connectivity index (χ3v) is 6.55. The van der Waals surface area contributed by atoms with Gasteiger partial charge in [0.2, 0.25) is 5.88 Å². The highest BCUT2D eigenvalue weighted by Crippen LogP contribution is 2.40. The maximum absolute atomic E-state index is 14.1. The number of hydrogen-bond donors (Lipinski definition) is 1. The van der Waals surface area contributed by atoms with Gasteiger partial charge in [-0.1, -0.05) is 18.2 Å². The Bertz CT molecular complexity index is 980. The van der Waals surface area contributed by atoms with Crippen molar-refractivity contribution in [1.82, 2.24) is 9.88 Å². The van der Waals surface area contributed by atoms with E-state index in [0.29, 0.717) is 23.1 Å². The number of hydrogen-bond acceptors (Lipinski definition) is 5. The maximum Gasteiger partial charge on any atom is 0.407 e. The first-order chi connectivity index (χ1) is 16.7. The van der Waals surface area contributed by atoms with Crippen LogP contribution in [0.4, 0.5) is 18.0 Å². The Hall–Kier alpha value is -3.01. The van der Waals surface area contributed by atoms with Crippen LogP contribution in [0.15, 0.2) is 42.6 Å². The largest absolute Gasteiger partial charge is 0.497 e. The van der Waals surface area contributed by atoms with Crippen molar-refractivity contribution in [3.8, 4) is 11.6 Å². The summed E-state index contributed by atoms with van der Waals surface area (Å²) in [4.78, 5) is 16.9. The van der Waals surface area contributed by atoms with Crippen molar-refractivity contribution in [2.75, 3.05) is 20.3 Å². The predicted octanol–water partition coefficient (Wildman–Crippen LogP) is 5.25. The molecule has 2 aromatic rings. The lowest BCUT2D eigenvalue weighted by molar-refractivity contribution is -0.209. The van der Waals surface area contributed by atoms with Crippen molar-refractivity contribution < 1.29 is 37.3 Å². The molecule has 2 heterocycles. The van der Waals surface area contributed by atoms with E-state index in [4.69, 9.17) is 14.2 Å². The van der Waals surface area contributed by atoms with Gasteiger partial charge in [-0.3, -0.25) is 0 Å². The number of aromatic nitrogens is 1. The molecule has 1 saturated heterocycles. The number of likely N-dealkylation sites (tertiary alicyclic amines) is 1. The number of piperidine rings is 1. The molecule has 1 aromatic heterocycles. The molecule has 35 heavy (non-hydrogen) atoms. The van der Waals surface area contributed by atoms with Crippen LogP contribution in [-0.4, -0.2) is 59.7 Å². The summed E-state index contributed by atoms with van der Waals surface area (Å²) in [6.45, 7) is -0.755. The summed E-state index contributed by atoms with van der Waals surface area (Å²) in [5, 5.41) is 9.59. The Labute approximate surface area is 201 Å². The normalized spacial score (nSPS) is 21.4. The van der Waals surface area contributed by atoms with E-state index in [0.717, 1.165) is 23.3 Å². The lowest BCUT2D eigenvalue weighted by Gasteiger charge is -2.41. The van der Waals surface area contributed by atoms with E-state index in [1.165, 1.54) is 7.11 Å². The first-order valence-electron chi connectivity index (χ1n) is 11.6. The molecule has 3 atom stereocenters. The summed E-state index contributed by atoms with van der Waals surface area (Å²) in [7, 11) is 1.52. The molecule has 2 fully saturated rings. The fourth-order valence-electron chi connectivity index (χ4n) is 4.43. The summed E-state index contributed by atoms with van der Waals surface area (Å²) in [6.07, 6.45) is -2.42. The quantitative estimate of drug-likeness (QED) is 0.513. The highest BCUT2D eigenvalue weighted by atomic mass is 19.4. The van der Waals surface area contributed by atoms with E-state index >= 15 is 0 Å². The van der Waals surface area contributed by atoms with Gasteiger partial charge in [0.05, 0.1) is 32.3 Å². The molecular formula is C25H29F3N2O5. The van der Waals surface area contributed by atoms with Crippen LogP contribution in [0.1, 0.15) is 42.7 Å². The number of carboxylic acid groups (broad SMARTS) is 1. The highest BCUT2D eigenvalue weighted by molar-refractivity contribution is 5.65. The van der Waals surface area contributed by atoms with Gasteiger partial charge in [-0.25, -0.2) is 9.78 Å². The van der Waals surface area contributed by atoms with Crippen molar-refractivity contribution in [2.45, 2.75) is 56.5 Å². The fourth-order valence-corrected chi connectivity index (χ4v) is 4.43. The molecule has 4 rings (SSSR count). The molecule has 1 aromatic carbocycles. The van der Waals surface area contributed by atoms with Crippen LogP contribution in [0.5, 0.6) is 11.6 Å². The number of ether oxygens (including phenoxy) is 3. The van der Waals surface area contributed by atoms with Gasteiger partial charge >= 0.3 is 12.3 Å². The number of nitrogens with zero attached hydrogens (tertiary/aromatic N) is 2. The minimum atomic E-state index is -4.65. The lowest BCUT2D eigenvalue weighted by Crippen LogP contribution is -2.55. The number of carbonyl (C=O) groups is 1. The molecule has 1 N–H and O–H groups in total. The van der Waals surface area contributed by atoms with Gasteiger partial charge in [0, 0.05) is 31.6 Å². The Kier molecular flexibility index (Phi) is 7.69. The van der Waals surface area contributed by atoms with Crippen LogP contribution < -0.4 is 9.47 Å². The third kappa shape index (κ3) is 6.56. The molecule has 0 radical (unpaired) electrons. The Morgan fingerprint density at radius 3 is 2.49 bits per heavy atom. The molecule has 1 aliphatic heterocycles. The fraction of sp³-hybridized carbons (Fsp3) is 0.520. The zero-order valence-electron chi connectivity index (χ0n) is 19.4. The number of amides is 1. The van der Waals surface area contributed by atoms with Crippen LogP contribution in [0.25, 0.3) is 0 Å². The van der Waals surface area contributed by atoms with Crippen LogP contribution >= 0.6 is 0 Å². The first-order valence-corrected chi connectivity index (χ1v) is 11.6. The third-order valence-electron chi connectivity index (χ3n) is 6.55.